The van der Waals surface area contributed by atoms with Gasteiger partial charge in [0, 0.05) is 12.0 Å². The molecule has 0 bridgehead atoms. The Kier molecular flexibility index (Phi) is 11.1. The lowest BCUT2D eigenvalue weighted by atomic mass is 10.0. The van der Waals surface area contributed by atoms with Gasteiger partial charge in [0.25, 0.3) is 0 Å². The highest BCUT2D eigenvalue weighted by molar-refractivity contribution is 5.91. The SMILES string of the molecule is CC(C)=C[C@H](O)CC(C)=CCCC(C)=CC(=O)CC(C)=CCc1cc(O)cc(C)c1O. The maximum atomic E-state index is 12.3. The molecule has 3 N–H and O–H groups in total. The summed E-state index contributed by atoms with van der Waals surface area (Å²) in [7, 11) is 0. The summed E-state index contributed by atoms with van der Waals surface area (Å²) in [5.74, 6) is 0.365. The van der Waals surface area contributed by atoms with Crippen molar-refractivity contribution in [2.24, 2.45) is 0 Å². The summed E-state index contributed by atoms with van der Waals surface area (Å²) in [4.78, 5) is 12.3. The van der Waals surface area contributed by atoms with Crippen LogP contribution >= 0.6 is 0 Å². The molecule has 1 aromatic rings. The average molecular weight is 427 g/mol. The van der Waals surface area contributed by atoms with Gasteiger partial charge in [0.1, 0.15) is 11.5 Å². The van der Waals surface area contributed by atoms with E-state index in [0.717, 1.165) is 35.1 Å². The second-order valence-corrected chi connectivity index (χ2v) is 8.76. The number of aryl methyl sites for hydroxylation is 1. The van der Waals surface area contributed by atoms with Crippen LogP contribution in [0.4, 0.5) is 0 Å². The van der Waals surface area contributed by atoms with Crippen molar-refractivity contribution in [3.63, 3.8) is 0 Å². The molecule has 170 valence electrons. The molecule has 0 unspecified atom stereocenters. The standard InChI is InChI=1S/C27H38O4/c1-18(2)12-24(28)13-19(3)8-7-9-20(4)14-25(29)15-21(5)10-11-23-17-26(30)16-22(6)27(23)31/h8,10,12,14,16-17,24,28,30-31H,7,9,11,13,15H2,1-6H3/t24-/m0/s1. The van der Waals surface area contributed by atoms with E-state index in [0.29, 0.717) is 30.4 Å². The number of aliphatic hydroxyl groups excluding tert-OH is 1. The largest absolute Gasteiger partial charge is 0.508 e. The molecule has 31 heavy (non-hydrogen) atoms. The predicted molar refractivity (Wildman–Crippen MR) is 128 cm³/mol. The zero-order chi connectivity index (χ0) is 23.6. The van der Waals surface area contributed by atoms with Gasteiger partial charge in [-0.15, -0.1) is 0 Å². The van der Waals surface area contributed by atoms with Crippen LogP contribution in [0.2, 0.25) is 0 Å². The number of hydrogen-bond acceptors (Lipinski definition) is 4. The summed E-state index contributed by atoms with van der Waals surface area (Å²) in [6.07, 6.45) is 10.2. The quantitative estimate of drug-likeness (QED) is 0.222. The maximum absolute atomic E-state index is 12.3. The van der Waals surface area contributed by atoms with Crippen LogP contribution in [-0.2, 0) is 11.2 Å². The Morgan fingerprint density at radius 2 is 1.68 bits per heavy atom. The van der Waals surface area contributed by atoms with Crippen molar-refractivity contribution in [1.29, 1.82) is 0 Å². The van der Waals surface area contributed by atoms with Crippen molar-refractivity contribution in [2.45, 2.75) is 79.8 Å². The normalized spacial score (nSPS) is 13.8. The number of hydrogen-bond donors (Lipinski definition) is 3. The van der Waals surface area contributed by atoms with E-state index in [1.54, 1.807) is 19.1 Å². The molecule has 0 aliphatic carbocycles. The first-order valence-corrected chi connectivity index (χ1v) is 10.8. The minimum absolute atomic E-state index is 0.0576. The molecule has 0 saturated carbocycles. The molecule has 0 aromatic heterocycles. The number of carbonyl (C=O) groups is 1. The molecular formula is C27H38O4. The highest BCUT2D eigenvalue weighted by Crippen LogP contribution is 2.28. The lowest BCUT2D eigenvalue weighted by Gasteiger charge is -2.07. The van der Waals surface area contributed by atoms with Crippen molar-refractivity contribution in [3.05, 3.63) is 69.9 Å². The third-order valence-corrected chi connectivity index (χ3v) is 4.98. The van der Waals surface area contributed by atoms with Crippen LogP contribution in [0.25, 0.3) is 0 Å². The molecule has 0 fully saturated rings. The first kappa shape index (κ1) is 26.4. The topological polar surface area (TPSA) is 77.8 Å². The first-order chi connectivity index (χ1) is 14.5. The van der Waals surface area contributed by atoms with Crippen LogP contribution in [0.1, 0.15) is 71.4 Å². The second kappa shape index (κ2) is 13.0. The average Bonchev–Trinajstić information content (AvgIpc) is 2.62. The van der Waals surface area contributed by atoms with Crippen molar-refractivity contribution in [3.8, 4) is 11.5 Å². The molecular weight excluding hydrogens is 388 g/mol. The van der Waals surface area contributed by atoms with Gasteiger partial charge in [-0.3, -0.25) is 4.79 Å². The Hall–Kier alpha value is -2.59. The minimum Gasteiger partial charge on any atom is -0.508 e. The van der Waals surface area contributed by atoms with E-state index < -0.39 is 6.10 Å². The third kappa shape index (κ3) is 10.8. The second-order valence-electron chi connectivity index (χ2n) is 8.76. The Morgan fingerprint density at radius 1 is 1.00 bits per heavy atom. The van der Waals surface area contributed by atoms with Gasteiger partial charge in [-0.1, -0.05) is 40.5 Å². The summed E-state index contributed by atoms with van der Waals surface area (Å²) in [5.41, 5.74) is 5.50. The van der Waals surface area contributed by atoms with Crippen LogP contribution in [0, 0.1) is 6.92 Å². The van der Waals surface area contributed by atoms with E-state index in [-0.39, 0.29) is 17.3 Å². The van der Waals surface area contributed by atoms with Gasteiger partial charge in [-0.25, -0.2) is 0 Å². The summed E-state index contributed by atoms with van der Waals surface area (Å²) >= 11 is 0. The smallest absolute Gasteiger partial charge is 0.159 e. The fourth-order valence-electron chi connectivity index (χ4n) is 3.42. The lowest BCUT2D eigenvalue weighted by molar-refractivity contribution is -0.114. The fourth-order valence-corrected chi connectivity index (χ4v) is 3.42. The zero-order valence-corrected chi connectivity index (χ0v) is 19.8. The molecule has 0 heterocycles. The highest BCUT2D eigenvalue weighted by atomic mass is 16.3. The maximum Gasteiger partial charge on any atom is 0.159 e. The molecule has 0 radical (unpaired) electrons. The number of benzene rings is 1. The van der Waals surface area contributed by atoms with Gasteiger partial charge in [0.2, 0.25) is 0 Å². The number of ketones is 1. The number of aliphatic hydroxyl groups is 1. The molecule has 0 saturated heterocycles. The summed E-state index contributed by atoms with van der Waals surface area (Å²) in [6, 6.07) is 3.07. The highest BCUT2D eigenvalue weighted by Gasteiger charge is 2.07. The number of allylic oxidation sites excluding steroid dienone is 6. The Balaban J connectivity index is 2.55. The first-order valence-electron chi connectivity index (χ1n) is 10.8. The Bertz CT molecular complexity index is 881. The van der Waals surface area contributed by atoms with Gasteiger partial charge in [0.15, 0.2) is 5.78 Å². The molecule has 0 amide bonds. The third-order valence-electron chi connectivity index (χ3n) is 4.98. The number of aromatic hydroxyl groups is 2. The van der Waals surface area contributed by atoms with E-state index in [4.69, 9.17) is 0 Å². The van der Waals surface area contributed by atoms with Gasteiger partial charge in [-0.05, 0) is 91.0 Å². The minimum atomic E-state index is -0.445. The van der Waals surface area contributed by atoms with Gasteiger partial charge < -0.3 is 15.3 Å². The van der Waals surface area contributed by atoms with Crippen LogP contribution in [0.15, 0.2) is 58.7 Å². The van der Waals surface area contributed by atoms with Gasteiger partial charge in [-0.2, -0.15) is 0 Å². The molecule has 0 aliphatic heterocycles. The monoisotopic (exact) mass is 426 g/mol. The fraction of sp³-hybridized carbons (Fsp3) is 0.444. The number of rotatable bonds is 11. The molecule has 0 spiro atoms. The van der Waals surface area contributed by atoms with Crippen molar-refractivity contribution in [2.75, 3.05) is 0 Å². The van der Waals surface area contributed by atoms with Crippen LogP contribution in [-0.4, -0.2) is 27.2 Å². The number of phenolic OH excluding ortho intramolecular Hbond substituents is 2. The predicted octanol–water partition coefficient (Wildman–Crippen LogP) is 6.24. The molecule has 4 nitrogen and oxygen atoms in total. The lowest BCUT2D eigenvalue weighted by Crippen LogP contribution is -2.03. The van der Waals surface area contributed by atoms with Crippen LogP contribution < -0.4 is 0 Å². The molecule has 1 atom stereocenters. The molecule has 4 heteroatoms. The Morgan fingerprint density at radius 3 is 2.32 bits per heavy atom. The van der Waals surface area contributed by atoms with E-state index in [2.05, 4.69) is 6.08 Å². The zero-order valence-electron chi connectivity index (χ0n) is 19.8. The molecule has 1 aromatic carbocycles. The summed E-state index contributed by atoms with van der Waals surface area (Å²) in [6.45, 7) is 11.6. The number of phenols is 2. The van der Waals surface area contributed by atoms with Gasteiger partial charge >= 0.3 is 0 Å². The molecule has 1 rings (SSSR count). The van der Waals surface area contributed by atoms with Crippen LogP contribution in [0.5, 0.6) is 11.5 Å². The van der Waals surface area contributed by atoms with Crippen LogP contribution in [0.3, 0.4) is 0 Å². The molecule has 0 aliphatic rings. The summed E-state index contributed by atoms with van der Waals surface area (Å²) in [5, 5.41) is 29.8. The van der Waals surface area contributed by atoms with E-state index in [1.165, 1.54) is 6.07 Å². The van der Waals surface area contributed by atoms with E-state index >= 15 is 0 Å². The van der Waals surface area contributed by atoms with Crippen molar-refractivity contribution in [1.82, 2.24) is 0 Å². The van der Waals surface area contributed by atoms with Crippen molar-refractivity contribution < 1.29 is 20.1 Å². The van der Waals surface area contributed by atoms with E-state index in [9.17, 15) is 20.1 Å². The van der Waals surface area contributed by atoms with Gasteiger partial charge in [0.05, 0.1) is 6.10 Å². The Labute approximate surface area is 187 Å². The van der Waals surface area contributed by atoms with Crippen molar-refractivity contribution >= 4 is 5.78 Å². The number of carbonyl (C=O) groups excluding carboxylic acids is 1. The summed E-state index contributed by atoms with van der Waals surface area (Å²) < 4.78 is 0. The van der Waals surface area contributed by atoms with E-state index in [1.807, 2.05) is 46.8 Å².